The van der Waals surface area contributed by atoms with Crippen LogP contribution in [0.1, 0.15) is 32.6 Å². The standard InChI is InChI=1S/C18H27Br2N3O6/c1-3-28-17(26)22-7-5-4-6-21-16(25)12-9-18(29-23-12)8-11(19)15(27-2)14(20)13(24)10-18/h8,12-13,23-24H,3-7,9-10H2,1-2H3,(H,21,25)(H,22,26)/t12?,13-,18+/m1/s1. The molecule has 1 spiro atoms. The van der Waals surface area contributed by atoms with E-state index in [0.29, 0.717) is 40.8 Å². The van der Waals surface area contributed by atoms with Gasteiger partial charge < -0.3 is 25.2 Å². The van der Waals surface area contributed by atoms with E-state index in [1.54, 1.807) is 6.92 Å². The third kappa shape index (κ3) is 6.68. The van der Waals surface area contributed by atoms with Crippen LogP contribution in [-0.2, 0) is 19.1 Å². The highest BCUT2D eigenvalue weighted by Crippen LogP contribution is 2.41. The van der Waals surface area contributed by atoms with Crippen molar-refractivity contribution >= 4 is 43.9 Å². The first kappa shape index (κ1) is 24.1. The summed E-state index contributed by atoms with van der Waals surface area (Å²) in [6, 6.07) is -0.542. The Morgan fingerprint density at radius 2 is 2.00 bits per heavy atom. The third-order valence-corrected chi connectivity index (χ3v) is 6.05. The zero-order valence-electron chi connectivity index (χ0n) is 16.4. The lowest BCUT2D eigenvalue weighted by Crippen LogP contribution is -2.40. The van der Waals surface area contributed by atoms with Gasteiger partial charge in [0.15, 0.2) is 0 Å². The average molecular weight is 541 g/mol. The monoisotopic (exact) mass is 539 g/mol. The highest BCUT2D eigenvalue weighted by Gasteiger charge is 2.46. The van der Waals surface area contributed by atoms with Gasteiger partial charge in [0, 0.05) is 25.9 Å². The van der Waals surface area contributed by atoms with Gasteiger partial charge in [-0.25, -0.2) is 4.79 Å². The van der Waals surface area contributed by atoms with Crippen molar-refractivity contribution in [3.63, 3.8) is 0 Å². The number of halogens is 2. The lowest BCUT2D eigenvalue weighted by atomic mass is 9.90. The Labute approximate surface area is 186 Å². The fraction of sp³-hybridized carbons (Fsp3) is 0.667. The number of nitrogens with one attached hydrogen (secondary N) is 3. The molecule has 1 aliphatic carbocycles. The number of ether oxygens (including phenoxy) is 2. The molecule has 1 heterocycles. The molecule has 0 aromatic heterocycles. The minimum absolute atomic E-state index is 0.178. The van der Waals surface area contributed by atoms with Crippen molar-refractivity contribution in [3.8, 4) is 0 Å². The summed E-state index contributed by atoms with van der Waals surface area (Å²) in [5, 5.41) is 15.9. The Bertz CT molecular complexity index is 672. The smallest absolute Gasteiger partial charge is 0.407 e. The van der Waals surface area contributed by atoms with E-state index in [0.717, 1.165) is 12.8 Å². The van der Waals surface area contributed by atoms with Gasteiger partial charge in [0.2, 0.25) is 5.91 Å². The number of rotatable bonds is 8. The van der Waals surface area contributed by atoms with Crippen LogP contribution in [-0.4, -0.2) is 61.7 Å². The molecule has 0 aromatic carbocycles. The first-order valence-corrected chi connectivity index (χ1v) is 11.0. The van der Waals surface area contributed by atoms with Crippen molar-refractivity contribution in [2.24, 2.45) is 0 Å². The van der Waals surface area contributed by atoms with Crippen LogP contribution in [0.2, 0.25) is 0 Å². The summed E-state index contributed by atoms with van der Waals surface area (Å²) >= 11 is 6.81. The SMILES string of the molecule is CCOC(=O)NCCCCNC(=O)C1C[C@]2(C=C(Br)C(OC)=C(Br)[C@H](O)C2)ON1. The maximum absolute atomic E-state index is 12.4. The molecular weight excluding hydrogens is 514 g/mol. The van der Waals surface area contributed by atoms with Crippen LogP contribution in [0, 0.1) is 0 Å². The Kier molecular flexibility index (Phi) is 9.41. The normalized spacial score (nSPS) is 26.7. The predicted molar refractivity (Wildman–Crippen MR) is 113 cm³/mol. The minimum Gasteiger partial charge on any atom is -0.495 e. The topological polar surface area (TPSA) is 118 Å². The van der Waals surface area contributed by atoms with Gasteiger partial charge in [-0.15, -0.1) is 0 Å². The number of alkyl carbamates (subject to hydrolysis) is 1. The molecular formula is C18H27Br2N3O6. The van der Waals surface area contributed by atoms with E-state index in [9.17, 15) is 14.7 Å². The maximum atomic E-state index is 12.4. The largest absolute Gasteiger partial charge is 0.495 e. The van der Waals surface area contributed by atoms with Crippen LogP contribution in [0.5, 0.6) is 0 Å². The van der Waals surface area contributed by atoms with Gasteiger partial charge in [-0.2, -0.15) is 5.48 Å². The predicted octanol–water partition coefficient (Wildman–Crippen LogP) is 1.96. The molecule has 0 radical (unpaired) electrons. The van der Waals surface area contributed by atoms with E-state index in [2.05, 4.69) is 48.0 Å². The Morgan fingerprint density at radius 3 is 2.66 bits per heavy atom. The highest BCUT2D eigenvalue weighted by atomic mass is 79.9. The summed E-state index contributed by atoms with van der Waals surface area (Å²) in [6.45, 7) is 3.05. The molecule has 1 unspecified atom stereocenters. The zero-order valence-corrected chi connectivity index (χ0v) is 19.6. The molecule has 0 aromatic rings. The van der Waals surface area contributed by atoms with E-state index in [1.165, 1.54) is 7.11 Å². The molecule has 1 saturated heterocycles. The van der Waals surface area contributed by atoms with Gasteiger partial charge in [-0.05, 0) is 57.7 Å². The summed E-state index contributed by atoms with van der Waals surface area (Å²) in [6.07, 6.45) is 2.63. The van der Waals surface area contributed by atoms with Crippen LogP contribution in [0.25, 0.3) is 0 Å². The number of unbranched alkanes of at least 4 members (excludes halogenated alkanes) is 1. The molecule has 2 amide bonds. The van der Waals surface area contributed by atoms with Gasteiger partial charge in [0.25, 0.3) is 0 Å². The van der Waals surface area contributed by atoms with Crippen LogP contribution in [0.3, 0.4) is 0 Å². The Morgan fingerprint density at radius 1 is 1.31 bits per heavy atom. The summed E-state index contributed by atoms with van der Waals surface area (Å²) in [5.74, 6) is 0.310. The second-order valence-corrected chi connectivity index (χ2v) is 8.49. The number of hydrogen-bond donors (Lipinski definition) is 4. The molecule has 2 aliphatic rings. The minimum atomic E-state index is -0.844. The van der Waals surface area contributed by atoms with Crippen molar-refractivity contribution < 1.29 is 29.0 Å². The van der Waals surface area contributed by atoms with Gasteiger partial charge in [-0.3, -0.25) is 9.63 Å². The molecule has 0 bridgehead atoms. The molecule has 11 heteroatoms. The molecule has 164 valence electrons. The van der Waals surface area contributed by atoms with Crippen LogP contribution in [0.15, 0.2) is 20.8 Å². The number of hydroxylamine groups is 1. The summed E-state index contributed by atoms with van der Waals surface area (Å²) < 4.78 is 11.3. The fourth-order valence-corrected chi connectivity index (χ4v) is 4.76. The van der Waals surface area contributed by atoms with Gasteiger partial charge >= 0.3 is 6.09 Å². The van der Waals surface area contributed by atoms with Crippen molar-refractivity contribution in [2.75, 3.05) is 26.8 Å². The lowest BCUT2D eigenvalue weighted by molar-refractivity contribution is -0.124. The van der Waals surface area contributed by atoms with E-state index in [4.69, 9.17) is 14.3 Å². The number of carbonyl (C=O) groups excluding carboxylic acids is 2. The van der Waals surface area contributed by atoms with Gasteiger partial charge in [-0.1, -0.05) is 0 Å². The quantitative estimate of drug-likeness (QED) is 0.347. The molecule has 2 rings (SSSR count). The summed E-state index contributed by atoms with van der Waals surface area (Å²) in [5.41, 5.74) is 1.93. The lowest BCUT2D eigenvalue weighted by Gasteiger charge is -2.24. The first-order valence-electron chi connectivity index (χ1n) is 9.44. The van der Waals surface area contributed by atoms with E-state index in [1.807, 2.05) is 6.08 Å². The molecule has 1 aliphatic heterocycles. The summed E-state index contributed by atoms with van der Waals surface area (Å²) in [7, 11) is 1.52. The van der Waals surface area contributed by atoms with E-state index in [-0.39, 0.29) is 12.3 Å². The Balaban J connectivity index is 1.79. The second kappa shape index (κ2) is 11.3. The second-order valence-electron chi connectivity index (χ2n) is 6.78. The van der Waals surface area contributed by atoms with Crippen molar-refractivity contribution in [2.45, 2.75) is 50.4 Å². The number of allylic oxidation sites excluding steroid dienone is 1. The number of carbonyl (C=O) groups is 2. The van der Waals surface area contributed by atoms with E-state index < -0.39 is 23.8 Å². The number of hydrogen-bond acceptors (Lipinski definition) is 7. The van der Waals surface area contributed by atoms with Gasteiger partial charge in [0.1, 0.15) is 17.4 Å². The van der Waals surface area contributed by atoms with Crippen LogP contribution in [0.4, 0.5) is 4.79 Å². The average Bonchev–Trinajstić information content (AvgIpc) is 3.04. The van der Waals surface area contributed by atoms with Gasteiger partial charge in [0.05, 0.1) is 28.8 Å². The number of amides is 2. The molecule has 4 N–H and O–H groups in total. The molecule has 3 atom stereocenters. The van der Waals surface area contributed by atoms with Crippen molar-refractivity contribution in [1.82, 2.24) is 16.1 Å². The molecule has 29 heavy (non-hydrogen) atoms. The first-order chi connectivity index (χ1) is 13.8. The van der Waals surface area contributed by atoms with Crippen molar-refractivity contribution in [1.29, 1.82) is 0 Å². The maximum Gasteiger partial charge on any atom is 0.407 e. The fourth-order valence-electron chi connectivity index (χ4n) is 3.17. The van der Waals surface area contributed by atoms with Crippen LogP contribution < -0.4 is 16.1 Å². The Hall–Kier alpha value is -1.14. The zero-order chi connectivity index (χ0) is 21.4. The molecule has 1 fully saturated rings. The highest BCUT2D eigenvalue weighted by molar-refractivity contribution is 9.12. The van der Waals surface area contributed by atoms with Crippen molar-refractivity contribution in [3.05, 3.63) is 20.8 Å². The van der Waals surface area contributed by atoms with Crippen LogP contribution >= 0.6 is 31.9 Å². The number of methoxy groups -OCH3 is 1. The van der Waals surface area contributed by atoms with E-state index >= 15 is 0 Å². The molecule has 0 saturated carbocycles. The number of aliphatic hydroxyl groups excluding tert-OH is 1. The summed E-state index contributed by atoms with van der Waals surface area (Å²) in [4.78, 5) is 29.3. The third-order valence-electron chi connectivity index (χ3n) is 4.58. The molecule has 9 nitrogen and oxygen atoms in total. The number of aliphatic hydroxyl groups is 1.